The summed E-state index contributed by atoms with van der Waals surface area (Å²) >= 11 is 0. The summed E-state index contributed by atoms with van der Waals surface area (Å²) in [6.45, 7) is 2.75. The summed E-state index contributed by atoms with van der Waals surface area (Å²) in [7, 11) is 0. The highest BCUT2D eigenvalue weighted by molar-refractivity contribution is 5.52. The van der Waals surface area contributed by atoms with Crippen molar-refractivity contribution in [3.05, 3.63) is 30.4 Å². The molecule has 2 aromatic heterocycles. The van der Waals surface area contributed by atoms with E-state index < -0.39 is 6.29 Å². The van der Waals surface area contributed by atoms with E-state index in [-0.39, 0.29) is 11.8 Å². The fourth-order valence-electron chi connectivity index (χ4n) is 3.16. The summed E-state index contributed by atoms with van der Waals surface area (Å²) in [4.78, 5) is 8.53. The predicted octanol–water partition coefficient (Wildman–Crippen LogP) is 3.54. The van der Waals surface area contributed by atoms with Gasteiger partial charge in [-0.15, -0.1) is 0 Å². The minimum atomic E-state index is -0.646. The second-order valence-corrected chi connectivity index (χ2v) is 6.42. The minimum Gasteiger partial charge on any atom is -0.368 e. The Hall–Kier alpha value is -1.79. The molecule has 6 nitrogen and oxygen atoms in total. The van der Waals surface area contributed by atoms with Crippen molar-refractivity contribution in [1.29, 1.82) is 0 Å². The number of hydrogen-bond acceptors (Lipinski definition) is 6. The maximum absolute atomic E-state index is 10.1. The summed E-state index contributed by atoms with van der Waals surface area (Å²) in [5, 5.41) is 14.2. The Labute approximate surface area is 142 Å². The summed E-state index contributed by atoms with van der Waals surface area (Å²) in [5.74, 6) is 1.78. The van der Waals surface area contributed by atoms with Crippen molar-refractivity contribution in [2.45, 2.75) is 57.7 Å². The first-order valence-electron chi connectivity index (χ1n) is 8.81. The number of ether oxygens (including phenoxy) is 1. The fraction of sp³-hybridized carbons (Fsp3) is 0.611. The highest BCUT2D eigenvalue weighted by Crippen LogP contribution is 2.37. The van der Waals surface area contributed by atoms with Crippen molar-refractivity contribution in [1.82, 2.24) is 15.1 Å². The van der Waals surface area contributed by atoms with Crippen LogP contribution in [0.1, 0.15) is 57.3 Å². The minimum absolute atomic E-state index is 0.209. The van der Waals surface area contributed by atoms with Gasteiger partial charge in [0.2, 0.25) is 11.7 Å². The Morgan fingerprint density at radius 2 is 2.00 bits per heavy atom. The molecule has 0 aromatic carbocycles. The second-order valence-electron chi connectivity index (χ2n) is 6.42. The lowest BCUT2D eigenvalue weighted by molar-refractivity contribution is -0.142. The maximum atomic E-state index is 10.1. The van der Waals surface area contributed by atoms with E-state index in [1.54, 1.807) is 12.4 Å². The molecule has 1 unspecified atom stereocenters. The van der Waals surface area contributed by atoms with Crippen LogP contribution in [0, 0.1) is 5.92 Å². The third kappa shape index (κ3) is 4.19. The molecule has 24 heavy (non-hydrogen) atoms. The topological polar surface area (TPSA) is 81.3 Å². The average molecular weight is 331 g/mol. The van der Waals surface area contributed by atoms with Crippen LogP contribution in [-0.4, -0.2) is 33.1 Å². The van der Waals surface area contributed by atoms with Gasteiger partial charge in [0.15, 0.2) is 6.29 Å². The fourth-order valence-corrected chi connectivity index (χ4v) is 3.16. The van der Waals surface area contributed by atoms with Crippen molar-refractivity contribution >= 4 is 0 Å². The molecule has 1 atom stereocenters. The van der Waals surface area contributed by atoms with Crippen LogP contribution >= 0.6 is 0 Å². The Bertz CT molecular complexity index is 609. The molecule has 0 bridgehead atoms. The van der Waals surface area contributed by atoms with Gasteiger partial charge in [-0.3, -0.25) is 4.98 Å². The van der Waals surface area contributed by atoms with Gasteiger partial charge in [-0.25, -0.2) is 0 Å². The molecule has 0 radical (unpaired) electrons. The quantitative estimate of drug-likeness (QED) is 0.617. The third-order valence-corrected chi connectivity index (χ3v) is 4.69. The van der Waals surface area contributed by atoms with Gasteiger partial charge < -0.3 is 14.4 Å². The monoisotopic (exact) mass is 331 g/mol. The lowest BCUT2D eigenvalue weighted by Gasteiger charge is -2.29. The standard InChI is InChI=1S/C18H25N3O3/c1-2-3-12-23-18(22)15-6-4-14(5-7-15)17-20-16(21-24-17)13-8-10-19-11-9-13/h8-11,14-15,18,22H,2-7,12H2,1H3/t14-,15-,18?. The van der Waals surface area contributed by atoms with E-state index in [1.807, 2.05) is 12.1 Å². The zero-order chi connectivity index (χ0) is 16.8. The van der Waals surface area contributed by atoms with E-state index in [1.165, 1.54) is 0 Å². The molecule has 130 valence electrons. The van der Waals surface area contributed by atoms with Crippen LogP contribution in [0.3, 0.4) is 0 Å². The Kier molecular flexibility index (Phi) is 5.93. The molecule has 2 aromatic rings. The van der Waals surface area contributed by atoms with Gasteiger partial charge in [0.05, 0.1) is 0 Å². The SMILES string of the molecule is CCCCOC(O)[C@H]1CC[C@H](c2nc(-c3ccncc3)no2)CC1. The molecule has 1 saturated carbocycles. The van der Waals surface area contributed by atoms with Crippen LogP contribution in [-0.2, 0) is 4.74 Å². The van der Waals surface area contributed by atoms with Crippen molar-refractivity contribution in [3.63, 3.8) is 0 Å². The van der Waals surface area contributed by atoms with Crippen LogP contribution in [0.15, 0.2) is 29.0 Å². The van der Waals surface area contributed by atoms with E-state index in [0.717, 1.165) is 44.1 Å². The van der Waals surface area contributed by atoms with Gasteiger partial charge in [-0.2, -0.15) is 4.98 Å². The molecule has 0 amide bonds. The van der Waals surface area contributed by atoms with Crippen molar-refractivity contribution in [2.75, 3.05) is 6.61 Å². The highest BCUT2D eigenvalue weighted by atomic mass is 16.6. The first kappa shape index (κ1) is 17.0. The van der Waals surface area contributed by atoms with E-state index in [2.05, 4.69) is 22.0 Å². The number of unbranched alkanes of at least 4 members (excludes halogenated alkanes) is 1. The molecule has 1 fully saturated rings. The molecular formula is C18H25N3O3. The number of nitrogens with zero attached hydrogens (tertiary/aromatic N) is 3. The first-order chi connectivity index (χ1) is 11.8. The summed E-state index contributed by atoms with van der Waals surface area (Å²) < 4.78 is 11.0. The Morgan fingerprint density at radius 3 is 2.71 bits per heavy atom. The van der Waals surface area contributed by atoms with Gasteiger partial charge in [0.25, 0.3) is 0 Å². The van der Waals surface area contributed by atoms with Crippen LogP contribution < -0.4 is 0 Å². The van der Waals surface area contributed by atoms with Gasteiger partial charge in [-0.1, -0.05) is 18.5 Å². The number of rotatable bonds is 7. The Morgan fingerprint density at radius 1 is 1.25 bits per heavy atom. The molecule has 0 spiro atoms. The van der Waals surface area contributed by atoms with E-state index in [0.29, 0.717) is 18.3 Å². The van der Waals surface area contributed by atoms with Crippen molar-refractivity contribution < 1.29 is 14.4 Å². The number of aliphatic hydroxyl groups excluding tert-OH is 1. The second kappa shape index (κ2) is 8.35. The molecule has 3 rings (SSSR count). The van der Waals surface area contributed by atoms with Crippen LogP contribution in [0.4, 0.5) is 0 Å². The highest BCUT2D eigenvalue weighted by Gasteiger charge is 2.30. The predicted molar refractivity (Wildman–Crippen MR) is 89.1 cm³/mol. The van der Waals surface area contributed by atoms with Crippen molar-refractivity contribution in [3.8, 4) is 11.4 Å². The van der Waals surface area contributed by atoms with Crippen molar-refractivity contribution in [2.24, 2.45) is 5.92 Å². The van der Waals surface area contributed by atoms with Crippen LogP contribution in [0.5, 0.6) is 0 Å². The molecule has 1 aliphatic carbocycles. The Balaban J connectivity index is 1.53. The largest absolute Gasteiger partial charge is 0.368 e. The van der Waals surface area contributed by atoms with Gasteiger partial charge in [0.1, 0.15) is 0 Å². The summed E-state index contributed by atoms with van der Waals surface area (Å²) in [5.41, 5.74) is 0.911. The van der Waals surface area contributed by atoms with Gasteiger partial charge in [-0.05, 0) is 44.2 Å². The van der Waals surface area contributed by atoms with E-state index in [9.17, 15) is 5.11 Å². The zero-order valence-corrected chi connectivity index (χ0v) is 14.1. The van der Waals surface area contributed by atoms with E-state index in [4.69, 9.17) is 9.26 Å². The normalized spacial score (nSPS) is 22.4. The average Bonchev–Trinajstić information content (AvgIpc) is 3.13. The lowest BCUT2D eigenvalue weighted by Crippen LogP contribution is -2.28. The van der Waals surface area contributed by atoms with Crippen LogP contribution in [0.25, 0.3) is 11.4 Å². The molecule has 1 aliphatic rings. The molecule has 0 aliphatic heterocycles. The van der Waals surface area contributed by atoms with Gasteiger partial charge in [0, 0.05) is 36.4 Å². The number of aromatic nitrogens is 3. The van der Waals surface area contributed by atoms with Crippen LogP contribution in [0.2, 0.25) is 0 Å². The molecule has 6 heteroatoms. The van der Waals surface area contributed by atoms with E-state index >= 15 is 0 Å². The molecular weight excluding hydrogens is 306 g/mol. The zero-order valence-electron chi connectivity index (χ0n) is 14.1. The number of hydrogen-bond donors (Lipinski definition) is 1. The van der Waals surface area contributed by atoms with Gasteiger partial charge >= 0.3 is 0 Å². The molecule has 2 heterocycles. The molecule has 1 N–H and O–H groups in total. The summed E-state index contributed by atoms with van der Waals surface area (Å²) in [6.07, 6.45) is 8.59. The summed E-state index contributed by atoms with van der Waals surface area (Å²) in [6, 6.07) is 3.74. The molecule has 0 saturated heterocycles. The number of aliphatic hydroxyl groups is 1. The smallest absolute Gasteiger partial charge is 0.230 e. The first-order valence-corrected chi connectivity index (χ1v) is 8.81. The maximum Gasteiger partial charge on any atom is 0.230 e. The third-order valence-electron chi connectivity index (χ3n) is 4.69. The lowest BCUT2D eigenvalue weighted by atomic mass is 9.81. The number of pyridine rings is 1.